The highest BCUT2D eigenvalue weighted by Gasteiger charge is 2.42. The van der Waals surface area contributed by atoms with E-state index in [1.807, 2.05) is 0 Å². The Morgan fingerprint density at radius 3 is 2.82 bits per heavy atom. The van der Waals surface area contributed by atoms with Gasteiger partial charge in [-0.25, -0.2) is 27.7 Å². The number of rotatable bonds is 9. The van der Waals surface area contributed by atoms with Crippen molar-refractivity contribution in [3.63, 3.8) is 0 Å². The van der Waals surface area contributed by atoms with Crippen LogP contribution < -0.4 is 5.32 Å². The smallest absolute Gasteiger partial charge is 0.338 e. The third kappa shape index (κ3) is 6.70. The van der Waals surface area contributed by atoms with Crippen molar-refractivity contribution >= 4 is 40.7 Å². The Hall–Kier alpha value is -3.00. The summed E-state index contributed by atoms with van der Waals surface area (Å²) in [5.74, 6) is -5.48. The van der Waals surface area contributed by atoms with Crippen molar-refractivity contribution in [1.29, 1.82) is 0 Å². The third-order valence-corrected chi connectivity index (χ3v) is 6.89. The normalized spacial score (nSPS) is 21.6. The van der Waals surface area contributed by atoms with E-state index in [1.54, 1.807) is 18.5 Å². The number of carboxylic acid groups (broad SMARTS) is 1. The molecule has 1 aromatic carbocycles. The first-order valence-corrected chi connectivity index (χ1v) is 12.9. The Bertz CT molecular complexity index is 1260. The summed E-state index contributed by atoms with van der Waals surface area (Å²) in [5, 5.41) is 14.2. The second-order valence-electron chi connectivity index (χ2n) is 8.68. The monoisotopic (exact) mass is 572 g/mol. The molecular formula is C24H24ClF3N4O5S. The van der Waals surface area contributed by atoms with E-state index < -0.39 is 55.4 Å². The number of aliphatic carboxylic acids is 1. The summed E-state index contributed by atoms with van der Waals surface area (Å²) in [5.41, 5.74) is 0.567. The number of halogens is 4. The van der Waals surface area contributed by atoms with Crippen molar-refractivity contribution in [1.82, 2.24) is 15.2 Å². The molecule has 4 rings (SSSR count). The largest absolute Gasteiger partial charge is 0.480 e. The molecule has 3 heterocycles. The number of piperidine rings is 1. The van der Waals surface area contributed by atoms with Gasteiger partial charge in [0.1, 0.15) is 18.5 Å². The lowest BCUT2D eigenvalue weighted by Crippen LogP contribution is -2.52. The minimum atomic E-state index is -3.16. The molecule has 2 unspecified atom stereocenters. The van der Waals surface area contributed by atoms with E-state index in [4.69, 9.17) is 26.2 Å². The van der Waals surface area contributed by atoms with Crippen LogP contribution >= 0.6 is 22.9 Å². The Balaban J connectivity index is 1.75. The number of nitrogens with zero attached hydrogens (tertiary/aromatic N) is 3. The van der Waals surface area contributed by atoms with Crippen LogP contribution in [0.2, 0.25) is 5.02 Å². The summed E-state index contributed by atoms with van der Waals surface area (Å²) in [6, 6.07) is 2.63. The maximum atomic E-state index is 14.6. The first-order chi connectivity index (χ1) is 18.1. The number of aromatic nitrogens is 1. The molecule has 9 nitrogen and oxygen atoms in total. The van der Waals surface area contributed by atoms with Crippen LogP contribution in [0.4, 0.5) is 13.2 Å². The summed E-state index contributed by atoms with van der Waals surface area (Å²) in [7, 11) is 0. The molecule has 2 aliphatic heterocycles. The standard InChI is InChI=1S/C24H24ClF3N4O5S/c1-2-36-23(35)19-17(10-32-9-14(37-11-18(33)34)8-24(27,28)12-32)30-21(22-29-5-6-38-22)31-20(19)15-4-3-13(26)7-16(15)25/h3-7,14,20H,2,8-12H2,1H3,(H,30,31)(H,33,34). The maximum absolute atomic E-state index is 14.6. The van der Waals surface area contributed by atoms with E-state index in [9.17, 15) is 22.8 Å². The fraction of sp³-hybridized carbons (Fsp3) is 0.417. The Morgan fingerprint density at radius 2 is 2.16 bits per heavy atom. The topological polar surface area (TPSA) is 113 Å². The molecule has 0 bridgehead atoms. The molecular weight excluding hydrogens is 549 g/mol. The molecule has 204 valence electrons. The number of carboxylic acids is 1. The predicted molar refractivity (Wildman–Crippen MR) is 133 cm³/mol. The first kappa shape index (κ1) is 28.0. The van der Waals surface area contributed by atoms with Crippen LogP contribution in [0.15, 0.2) is 46.0 Å². The number of amidine groups is 1. The van der Waals surface area contributed by atoms with Gasteiger partial charge in [-0.2, -0.15) is 0 Å². The predicted octanol–water partition coefficient (Wildman–Crippen LogP) is 3.65. The molecule has 0 saturated carbocycles. The number of hydrogen-bond acceptors (Lipinski definition) is 9. The summed E-state index contributed by atoms with van der Waals surface area (Å²) >= 11 is 7.61. The van der Waals surface area contributed by atoms with Crippen molar-refractivity contribution in [2.24, 2.45) is 4.99 Å². The first-order valence-electron chi connectivity index (χ1n) is 11.6. The summed E-state index contributed by atoms with van der Waals surface area (Å²) < 4.78 is 53.5. The molecule has 2 aliphatic rings. The number of nitrogens with one attached hydrogen (secondary N) is 1. The molecule has 0 aliphatic carbocycles. The summed E-state index contributed by atoms with van der Waals surface area (Å²) in [4.78, 5) is 34.4. The highest BCUT2D eigenvalue weighted by molar-refractivity contribution is 7.11. The number of alkyl halides is 2. The Kier molecular flexibility index (Phi) is 8.71. The van der Waals surface area contributed by atoms with E-state index in [1.165, 1.54) is 28.4 Å². The molecule has 14 heteroatoms. The quantitative estimate of drug-likeness (QED) is 0.438. The highest BCUT2D eigenvalue weighted by Crippen LogP contribution is 2.37. The summed E-state index contributed by atoms with van der Waals surface area (Å²) in [6.07, 6.45) is -0.114. The maximum Gasteiger partial charge on any atom is 0.338 e. The molecule has 2 aromatic rings. The Morgan fingerprint density at radius 1 is 1.37 bits per heavy atom. The van der Waals surface area contributed by atoms with Gasteiger partial charge in [0.15, 0.2) is 10.8 Å². The molecule has 2 N–H and O–H groups in total. The van der Waals surface area contributed by atoms with Gasteiger partial charge in [-0.15, -0.1) is 11.3 Å². The molecule has 0 spiro atoms. The number of carbonyl (C=O) groups excluding carboxylic acids is 1. The number of hydrogen-bond donors (Lipinski definition) is 2. The number of likely N-dealkylation sites (tertiary alicyclic amines) is 1. The summed E-state index contributed by atoms with van der Waals surface area (Å²) in [6.45, 7) is 0.123. The van der Waals surface area contributed by atoms with Crippen molar-refractivity contribution < 1.29 is 37.3 Å². The second-order valence-corrected chi connectivity index (χ2v) is 9.98. The van der Waals surface area contributed by atoms with E-state index in [-0.39, 0.29) is 41.8 Å². The minimum absolute atomic E-state index is 0.00411. The van der Waals surface area contributed by atoms with Crippen LogP contribution in [-0.4, -0.2) is 77.6 Å². The molecule has 1 fully saturated rings. The Labute approximate surface area is 224 Å². The van der Waals surface area contributed by atoms with Gasteiger partial charge < -0.3 is 19.9 Å². The molecule has 0 radical (unpaired) electrons. The van der Waals surface area contributed by atoms with Crippen LogP contribution in [0.5, 0.6) is 0 Å². The molecule has 1 saturated heterocycles. The van der Waals surface area contributed by atoms with Gasteiger partial charge in [-0.05, 0) is 19.1 Å². The van der Waals surface area contributed by atoms with Gasteiger partial charge in [0.2, 0.25) is 0 Å². The van der Waals surface area contributed by atoms with E-state index in [0.29, 0.717) is 10.6 Å². The number of esters is 1. The van der Waals surface area contributed by atoms with Crippen molar-refractivity contribution in [2.45, 2.75) is 31.4 Å². The zero-order valence-corrected chi connectivity index (χ0v) is 21.7. The van der Waals surface area contributed by atoms with Crippen LogP contribution in [0.3, 0.4) is 0 Å². The molecule has 2 atom stereocenters. The SMILES string of the molecule is CCOC(=O)C1=C(CN2CC(OCC(=O)O)CC(F)(F)C2)NC(c2nccs2)=NC1c1ccc(F)cc1Cl. The van der Waals surface area contributed by atoms with Gasteiger partial charge in [-0.1, -0.05) is 17.7 Å². The van der Waals surface area contributed by atoms with Gasteiger partial charge in [0.05, 0.1) is 24.8 Å². The highest BCUT2D eigenvalue weighted by atomic mass is 35.5. The lowest BCUT2D eigenvalue weighted by Gasteiger charge is -2.38. The van der Waals surface area contributed by atoms with Crippen LogP contribution in [-0.2, 0) is 19.1 Å². The number of benzene rings is 1. The fourth-order valence-corrected chi connectivity index (χ4v) is 5.21. The van der Waals surface area contributed by atoms with E-state index in [0.717, 1.165) is 6.07 Å². The minimum Gasteiger partial charge on any atom is -0.480 e. The number of thiazole rings is 1. The van der Waals surface area contributed by atoms with Gasteiger partial charge in [0.25, 0.3) is 5.92 Å². The third-order valence-electron chi connectivity index (χ3n) is 5.78. The number of aliphatic imine (C=N–C) groups is 1. The number of ether oxygens (including phenoxy) is 2. The molecule has 1 aromatic heterocycles. The zero-order chi connectivity index (χ0) is 27.4. The lowest BCUT2D eigenvalue weighted by atomic mass is 9.94. The van der Waals surface area contributed by atoms with Crippen LogP contribution in [0.25, 0.3) is 0 Å². The fourth-order valence-electron chi connectivity index (χ4n) is 4.35. The average Bonchev–Trinajstić information content (AvgIpc) is 3.37. The number of carbonyl (C=O) groups is 2. The van der Waals surface area contributed by atoms with Crippen molar-refractivity contribution in [3.8, 4) is 0 Å². The van der Waals surface area contributed by atoms with E-state index >= 15 is 0 Å². The van der Waals surface area contributed by atoms with Crippen LogP contribution in [0.1, 0.15) is 30.0 Å². The van der Waals surface area contributed by atoms with Gasteiger partial charge >= 0.3 is 11.9 Å². The van der Waals surface area contributed by atoms with E-state index in [2.05, 4.69) is 15.3 Å². The second kappa shape index (κ2) is 11.8. The van der Waals surface area contributed by atoms with Gasteiger partial charge in [0, 0.05) is 47.4 Å². The average molecular weight is 573 g/mol. The molecule has 38 heavy (non-hydrogen) atoms. The van der Waals surface area contributed by atoms with Crippen molar-refractivity contribution in [2.75, 3.05) is 32.8 Å². The molecule has 0 amide bonds. The lowest BCUT2D eigenvalue weighted by molar-refractivity contribution is -0.154. The van der Waals surface area contributed by atoms with Crippen molar-refractivity contribution in [3.05, 3.63) is 62.5 Å². The zero-order valence-electron chi connectivity index (χ0n) is 20.1. The van der Waals surface area contributed by atoms with Gasteiger partial charge in [-0.3, -0.25) is 9.89 Å². The van der Waals surface area contributed by atoms with Crippen LogP contribution in [0, 0.1) is 5.82 Å².